The fourth-order valence-corrected chi connectivity index (χ4v) is 3.38. The molecule has 0 aromatic carbocycles. The Kier molecular flexibility index (Phi) is 3.85. The van der Waals surface area contributed by atoms with Gasteiger partial charge >= 0.3 is 0 Å². The maximum Gasteiger partial charge on any atom is 0.0281 e. The van der Waals surface area contributed by atoms with E-state index in [1.54, 1.807) is 0 Å². The molecule has 15 heavy (non-hydrogen) atoms. The van der Waals surface area contributed by atoms with Crippen LogP contribution in [-0.4, -0.2) is 23.5 Å². The zero-order valence-electron chi connectivity index (χ0n) is 10.3. The lowest BCUT2D eigenvalue weighted by Crippen LogP contribution is -2.44. The van der Waals surface area contributed by atoms with E-state index < -0.39 is 0 Å². The van der Waals surface area contributed by atoms with Crippen molar-refractivity contribution >= 4 is 0 Å². The van der Waals surface area contributed by atoms with E-state index in [1.807, 2.05) is 0 Å². The van der Waals surface area contributed by atoms with E-state index in [-0.39, 0.29) is 0 Å². The third-order valence-corrected chi connectivity index (χ3v) is 4.05. The van der Waals surface area contributed by atoms with Crippen LogP contribution in [0.2, 0.25) is 0 Å². The molecular formula is C14H25N. The molecular weight excluding hydrogens is 182 g/mol. The quantitative estimate of drug-likeness (QED) is 0.637. The monoisotopic (exact) mass is 207 g/mol. The van der Waals surface area contributed by atoms with Crippen LogP contribution in [0.15, 0.2) is 12.2 Å². The van der Waals surface area contributed by atoms with Crippen molar-refractivity contribution in [1.29, 1.82) is 0 Å². The van der Waals surface area contributed by atoms with Crippen LogP contribution in [0.5, 0.6) is 0 Å². The molecule has 3 unspecified atom stereocenters. The van der Waals surface area contributed by atoms with Gasteiger partial charge in [0.05, 0.1) is 0 Å². The molecule has 0 aromatic heterocycles. The summed E-state index contributed by atoms with van der Waals surface area (Å²) < 4.78 is 0. The van der Waals surface area contributed by atoms with Crippen LogP contribution in [0.25, 0.3) is 0 Å². The van der Waals surface area contributed by atoms with E-state index in [4.69, 9.17) is 0 Å². The third-order valence-electron chi connectivity index (χ3n) is 4.05. The van der Waals surface area contributed by atoms with Crippen LogP contribution in [0, 0.1) is 5.92 Å². The summed E-state index contributed by atoms with van der Waals surface area (Å²) in [5.41, 5.74) is 0. The van der Waals surface area contributed by atoms with E-state index in [1.165, 1.54) is 45.1 Å². The van der Waals surface area contributed by atoms with Gasteiger partial charge in [-0.25, -0.2) is 0 Å². The van der Waals surface area contributed by atoms with Gasteiger partial charge in [0.15, 0.2) is 0 Å². The molecule has 0 aromatic rings. The Labute approximate surface area is 94.5 Å². The first-order valence-electron chi connectivity index (χ1n) is 6.80. The largest absolute Gasteiger partial charge is 0.293 e. The zero-order valence-corrected chi connectivity index (χ0v) is 10.3. The van der Waals surface area contributed by atoms with Crippen LogP contribution in [-0.2, 0) is 0 Å². The van der Waals surface area contributed by atoms with Gasteiger partial charge in [-0.05, 0) is 38.1 Å². The van der Waals surface area contributed by atoms with Crippen LogP contribution in [0.1, 0.15) is 52.4 Å². The van der Waals surface area contributed by atoms with Gasteiger partial charge in [-0.15, -0.1) is 0 Å². The van der Waals surface area contributed by atoms with E-state index in [2.05, 4.69) is 30.9 Å². The Morgan fingerprint density at radius 2 is 1.93 bits per heavy atom. The van der Waals surface area contributed by atoms with Crippen molar-refractivity contribution in [2.24, 2.45) is 5.92 Å². The van der Waals surface area contributed by atoms with E-state index in [0.29, 0.717) is 0 Å². The number of nitrogens with zero attached hydrogens (tertiary/aromatic N) is 1. The average Bonchev–Trinajstić information content (AvgIpc) is 2.71. The standard InChI is InChI=1S/C14H25N/c1-3-6-12-9-10-13(7-4-2)15-11-5-8-14(12)15/h9-10,12-14H,3-8,11H2,1-2H3. The van der Waals surface area contributed by atoms with Gasteiger partial charge in [-0.3, -0.25) is 4.90 Å². The Balaban J connectivity index is 2.05. The molecule has 0 bridgehead atoms. The van der Waals surface area contributed by atoms with Crippen molar-refractivity contribution in [3.8, 4) is 0 Å². The Bertz CT molecular complexity index is 199. The summed E-state index contributed by atoms with van der Waals surface area (Å²) in [6.07, 6.45) is 13.3. The van der Waals surface area contributed by atoms with Gasteiger partial charge in [-0.2, -0.15) is 0 Å². The molecule has 1 saturated heterocycles. The molecule has 86 valence electrons. The third kappa shape index (κ3) is 2.28. The highest BCUT2D eigenvalue weighted by molar-refractivity contribution is 5.09. The van der Waals surface area contributed by atoms with Crippen molar-refractivity contribution in [3.63, 3.8) is 0 Å². The lowest BCUT2D eigenvalue weighted by atomic mass is 9.87. The molecule has 0 amide bonds. The van der Waals surface area contributed by atoms with E-state index >= 15 is 0 Å². The van der Waals surface area contributed by atoms with Crippen LogP contribution in [0.3, 0.4) is 0 Å². The molecule has 0 radical (unpaired) electrons. The first-order valence-corrected chi connectivity index (χ1v) is 6.80. The second kappa shape index (κ2) is 5.16. The Hall–Kier alpha value is -0.300. The highest BCUT2D eigenvalue weighted by Crippen LogP contribution is 2.34. The molecule has 3 atom stereocenters. The number of fused-ring (bicyclic) bond motifs is 1. The lowest BCUT2D eigenvalue weighted by molar-refractivity contribution is 0.149. The molecule has 0 N–H and O–H groups in total. The summed E-state index contributed by atoms with van der Waals surface area (Å²) in [5.74, 6) is 0.852. The van der Waals surface area contributed by atoms with Gasteiger partial charge in [0.1, 0.15) is 0 Å². The summed E-state index contributed by atoms with van der Waals surface area (Å²) in [5, 5.41) is 0. The predicted molar refractivity (Wildman–Crippen MR) is 66.0 cm³/mol. The van der Waals surface area contributed by atoms with Gasteiger partial charge in [0, 0.05) is 12.1 Å². The highest BCUT2D eigenvalue weighted by Gasteiger charge is 2.35. The molecule has 2 rings (SSSR count). The molecule has 0 aliphatic carbocycles. The lowest BCUT2D eigenvalue weighted by Gasteiger charge is -2.39. The molecule has 2 heterocycles. The first kappa shape index (κ1) is 11.2. The number of hydrogen-bond donors (Lipinski definition) is 0. The fraction of sp³-hybridized carbons (Fsp3) is 0.857. The zero-order chi connectivity index (χ0) is 10.7. The van der Waals surface area contributed by atoms with Crippen molar-refractivity contribution in [2.45, 2.75) is 64.5 Å². The normalized spacial score (nSPS) is 35.7. The minimum atomic E-state index is 0.760. The SMILES string of the molecule is CCCC1C=CC(CCC)N2CCCC12. The number of hydrogen-bond acceptors (Lipinski definition) is 1. The first-order chi connectivity index (χ1) is 7.36. The smallest absolute Gasteiger partial charge is 0.0281 e. The summed E-state index contributed by atoms with van der Waals surface area (Å²) in [7, 11) is 0. The maximum atomic E-state index is 2.78. The van der Waals surface area contributed by atoms with Crippen molar-refractivity contribution in [1.82, 2.24) is 4.90 Å². The van der Waals surface area contributed by atoms with Crippen LogP contribution in [0.4, 0.5) is 0 Å². The molecule has 0 spiro atoms. The topological polar surface area (TPSA) is 3.24 Å². The predicted octanol–water partition coefficient (Wildman–Crippen LogP) is 3.61. The van der Waals surface area contributed by atoms with Crippen molar-refractivity contribution < 1.29 is 0 Å². The molecule has 1 fully saturated rings. The minimum Gasteiger partial charge on any atom is -0.293 e. The molecule has 0 saturated carbocycles. The number of rotatable bonds is 4. The summed E-state index contributed by atoms with van der Waals surface area (Å²) >= 11 is 0. The summed E-state index contributed by atoms with van der Waals surface area (Å²) in [6.45, 7) is 5.96. The minimum absolute atomic E-state index is 0.760. The second-order valence-corrected chi connectivity index (χ2v) is 5.14. The molecule has 2 aliphatic rings. The Morgan fingerprint density at radius 1 is 1.13 bits per heavy atom. The molecule has 1 heteroatoms. The summed E-state index contributed by atoms with van der Waals surface area (Å²) in [4.78, 5) is 2.78. The van der Waals surface area contributed by atoms with E-state index in [0.717, 1.165) is 18.0 Å². The highest BCUT2D eigenvalue weighted by atomic mass is 15.2. The molecule has 1 nitrogen and oxygen atoms in total. The molecule has 2 aliphatic heterocycles. The van der Waals surface area contributed by atoms with E-state index in [9.17, 15) is 0 Å². The second-order valence-electron chi connectivity index (χ2n) is 5.14. The summed E-state index contributed by atoms with van der Waals surface area (Å²) in [6, 6.07) is 1.64. The fourth-order valence-electron chi connectivity index (χ4n) is 3.38. The van der Waals surface area contributed by atoms with Crippen molar-refractivity contribution in [3.05, 3.63) is 12.2 Å². The van der Waals surface area contributed by atoms with Gasteiger partial charge in [0.25, 0.3) is 0 Å². The van der Waals surface area contributed by atoms with Crippen LogP contribution >= 0.6 is 0 Å². The van der Waals surface area contributed by atoms with Crippen molar-refractivity contribution in [2.75, 3.05) is 6.54 Å². The van der Waals surface area contributed by atoms with Gasteiger partial charge in [-0.1, -0.05) is 38.8 Å². The van der Waals surface area contributed by atoms with Crippen LogP contribution < -0.4 is 0 Å². The van der Waals surface area contributed by atoms with Gasteiger partial charge < -0.3 is 0 Å². The van der Waals surface area contributed by atoms with Gasteiger partial charge in [0.2, 0.25) is 0 Å². The Morgan fingerprint density at radius 3 is 2.67 bits per heavy atom. The average molecular weight is 207 g/mol. The maximum absolute atomic E-state index is 2.78.